The van der Waals surface area contributed by atoms with Crippen LogP contribution in [0.15, 0.2) is 11.7 Å². The van der Waals surface area contributed by atoms with E-state index in [9.17, 15) is 9.59 Å². The fourth-order valence-corrected chi connectivity index (χ4v) is 3.37. The molecule has 3 heterocycles. The molecule has 0 aromatic carbocycles. The first-order valence-corrected chi connectivity index (χ1v) is 8.78. The van der Waals surface area contributed by atoms with Crippen LogP contribution in [0.25, 0.3) is 0 Å². The van der Waals surface area contributed by atoms with Crippen LogP contribution in [0.2, 0.25) is 0 Å². The lowest BCUT2D eigenvalue weighted by molar-refractivity contribution is -0.127. The lowest BCUT2D eigenvalue weighted by Gasteiger charge is -2.29. The average molecular weight is 347 g/mol. The van der Waals surface area contributed by atoms with Gasteiger partial charge in [0.2, 0.25) is 5.91 Å². The molecule has 0 radical (unpaired) electrons. The molecule has 2 aliphatic rings. The third-order valence-corrected chi connectivity index (χ3v) is 5.06. The van der Waals surface area contributed by atoms with Gasteiger partial charge in [0.25, 0.3) is 5.91 Å². The highest BCUT2D eigenvalue weighted by Gasteiger charge is 2.33. The van der Waals surface area contributed by atoms with Crippen molar-refractivity contribution < 1.29 is 9.59 Å². The summed E-state index contributed by atoms with van der Waals surface area (Å²) in [7, 11) is 0. The van der Waals surface area contributed by atoms with Crippen molar-refractivity contribution in [3.05, 3.63) is 23.2 Å². The minimum Gasteiger partial charge on any atom is -0.353 e. The van der Waals surface area contributed by atoms with E-state index in [4.69, 9.17) is 0 Å². The Hall–Kier alpha value is -2.36. The second kappa shape index (κ2) is 6.27. The van der Waals surface area contributed by atoms with Crippen LogP contribution in [0.5, 0.6) is 0 Å². The Kier molecular flexibility index (Phi) is 3.97. The Morgan fingerprint density at radius 2 is 2.17 bits per heavy atom. The first-order valence-electron chi connectivity index (χ1n) is 7.94. The number of nitrogens with one attached hydrogen (secondary N) is 1. The van der Waals surface area contributed by atoms with Gasteiger partial charge in [0.05, 0.1) is 19.0 Å². The third-order valence-electron chi connectivity index (χ3n) is 4.55. The number of hydrogen-bond acceptors (Lipinski definition) is 7. The average Bonchev–Trinajstić information content (AvgIpc) is 3.18. The van der Waals surface area contributed by atoms with Crippen LogP contribution in [0.3, 0.4) is 0 Å². The zero-order chi connectivity index (χ0) is 16.5. The molecular formula is C14H17N7O2S. The van der Waals surface area contributed by atoms with Gasteiger partial charge in [-0.2, -0.15) is 5.10 Å². The first kappa shape index (κ1) is 15.2. The van der Waals surface area contributed by atoms with Crippen molar-refractivity contribution in [3.63, 3.8) is 0 Å². The van der Waals surface area contributed by atoms with Gasteiger partial charge in [0.1, 0.15) is 12.2 Å². The van der Waals surface area contributed by atoms with Gasteiger partial charge in [-0.3, -0.25) is 9.59 Å². The molecule has 1 aliphatic carbocycles. The van der Waals surface area contributed by atoms with Crippen LogP contribution in [-0.2, 0) is 17.9 Å². The van der Waals surface area contributed by atoms with Gasteiger partial charge in [-0.1, -0.05) is 4.49 Å². The van der Waals surface area contributed by atoms with Crippen molar-refractivity contribution in [2.45, 2.75) is 38.4 Å². The summed E-state index contributed by atoms with van der Waals surface area (Å²) in [6, 6.07) is 0.267. The second-order valence-corrected chi connectivity index (χ2v) is 6.78. The van der Waals surface area contributed by atoms with Gasteiger partial charge in [-0.15, -0.1) is 5.10 Å². The van der Waals surface area contributed by atoms with Gasteiger partial charge in [0.15, 0.2) is 5.69 Å². The molecule has 1 saturated carbocycles. The summed E-state index contributed by atoms with van der Waals surface area (Å²) in [5.74, 6) is 0.0495. The fraction of sp³-hybridized carbons (Fsp3) is 0.571. The SMILES string of the molecule is O=C(NC1CCC1)C1CN(C(=O)c2csnn2)Cc2ncnn2C1. The number of fused-ring (bicyclic) bond motifs is 1. The Morgan fingerprint density at radius 3 is 2.88 bits per heavy atom. The van der Waals surface area contributed by atoms with Crippen LogP contribution in [0, 0.1) is 5.92 Å². The zero-order valence-electron chi connectivity index (χ0n) is 13.0. The summed E-state index contributed by atoms with van der Waals surface area (Å²) in [4.78, 5) is 31.1. The van der Waals surface area contributed by atoms with Gasteiger partial charge in [0, 0.05) is 18.0 Å². The summed E-state index contributed by atoms with van der Waals surface area (Å²) in [6.45, 7) is 1.05. The molecule has 1 aliphatic heterocycles. The summed E-state index contributed by atoms with van der Waals surface area (Å²) in [5.41, 5.74) is 0.297. The lowest BCUT2D eigenvalue weighted by Crippen LogP contribution is -2.46. The molecule has 0 bridgehead atoms. The van der Waals surface area contributed by atoms with Crippen LogP contribution in [0.1, 0.15) is 35.6 Å². The molecular weight excluding hydrogens is 330 g/mol. The lowest BCUT2D eigenvalue weighted by atomic mass is 9.92. The third kappa shape index (κ3) is 2.88. The molecule has 9 nitrogen and oxygen atoms in total. The highest BCUT2D eigenvalue weighted by Crippen LogP contribution is 2.21. The number of amides is 2. The molecule has 1 unspecified atom stereocenters. The van der Waals surface area contributed by atoms with E-state index in [-0.39, 0.29) is 23.8 Å². The van der Waals surface area contributed by atoms with Crippen LogP contribution in [-0.4, -0.2) is 53.7 Å². The van der Waals surface area contributed by atoms with Crippen molar-refractivity contribution in [2.75, 3.05) is 6.54 Å². The van der Waals surface area contributed by atoms with Crippen LogP contribution in [0.4, 0.5) is 0 Å². The fourth-order valence-electron chi connectivity index (χ4n) is 2.94. The van der Waals surface area contributed by atoms with Crippen molar-refractivity contribution in [1.82, 2.24) is 34.6 Å². The number of nitrogens with zero attached hydrogens (tertiary/aromatic N) is 6. The molecule has 1 fully saturated rings. The van der Waals surface area contributed by atoms with Gasteiger partial charge >= 0.3 is 0 Å². The molecule has 4 rings (SSSR count). The smallest absolute Gasteiger partial charge is 0.275 e. The Labute approximate surface area is 142 Å². The number of aromatic nitrogens is 5. The van der Waals surface area contributed by atoms with E-state index < -0.39 is 0 Å². The largest absolute Gasteiger partial charge is 0.353 e. The van der Waals surface area contributed by atoms with E-state index in [0.29, 0.717) is 31.2 Å². The Bertz CT molecular complexity index is 740. The van der Waals surface area contributed by atoms with E-state index in [0.717, 1.165) is 30.8 Å². The van der Waals surface area contributed by atoms with Crippen LogP contribution >= 0.6 is 11.5 Å². The molecule has 0 spiro atoms. The van der Waals surface area contributed by atoms with E-state index in [1.54, 1.807) is 15.0 Å². The molecule has 10 heteroatoms. The Balaban J connectivity index is 1.56. The quantitative estimate of drug-likeness (QED) is 0.842. The predicted molar refractivity (Wildman–Crippen MR) is 83.9 cm³/mol. The molecule has 2 aromatic rings. The summed E-state index contributed by atoms with van der Waals surface area (Å²) in [5, 5.41) is 12.7. The maximum atomic E-state index is 12.6. The topological polar surface area (TPSA) is 106 Å². The monoisotopic (exact) mass is 347 g/mol. The Morgan fingerprint density at radius 1 is 1.29 bits per heavy atom. The van der Waals surface area contributed by atoms with E-state index in [1.165, 1.54) is 6.33 Å². The minimum atomic E-state index is -0.357. The molecule has 0 saturated heterocycles. The van der Waals surface area contributed by atoms with Crippen molar-refractivity contribution >= 4 is 23.3 Å². The molecule has 2 aromatic heterocycles. The first-order chi connectivity index (χ1) is 11.7. The van der Waals surface area contributed by atoms with E-state index in [1.807, 2.05) is 0 Å². The summed E-state index contributed by atoms with van der Waals surface area (Å²) < 4.78 is 5.45. The van der Waals surface area contributed by atoms with Crippen LogP contribution < -0.4 is 5.32 Å². The van der Waals surface area contributed by atoms with Crippen molar-refractivity contribution in [2.24, 2.45) is 5.92 Å². The predicted octanol–water partition coefficient (Wildman–Crippen LogP) is 0.0705. The molecule has 24 heavy (non-hydrogen) atoms. The van der Waals surface area contributed by atoms with Crippen molar-refractivity contribution in [1.29, 1.82) is 0 Å². The number of carbonyl (C=O) groups is 2. The number of hydrogen-bond donors (Lipinski definition) is 1. The zero-order valence-corrected chi connectivity index (χ0v) is 13.8. The van der Waals surface area contributed by atoms with E-state index >= 15 is 0 Å². The second-order valence-electron chi connectivity index (χ2n) is 6.17. The van der Waals surface area contributed by atoms with Crippen molar-refractivity contribution in [3.8, 4) is 0 Å². The summed E-state index contributed by atoms with van der Waals surface area (Å²) in [6.07, 6.45) is 4.67. The van der Waals surface area contributed by atoms with Gasteiger partial charge in [-0.25, -0.2) is 9.67 Å². The molecule has 1 atom stereocenters. The van der Waals surface area contributed by atoms with Gasteiger partial charge in [-0.05, 0) is 30.8 Å². The number of rotatable bonds is 3. The maximum absolute atomic E-state index is 12.6. The highest BCUT2D eigenvalue weighted by atomic mass is 32.1. The van der Waals surface area contributed by atoms with E-state index in [2.05, 4.69) is 25.0 Å². The standard InChI is InChI=1S/C14H17N7O2S/c22-13(17-10-2-1-3-10)9-4-20(14(23)11-7-24-19-18-11)6-12-15-8-16-21(12)5-9/h7-10H,1-6H2,(H,17,22). The molecule has 126 valence electrons. The summed E-state index contributed by atoms with van der Waals surface area (Å²) >= 11 is 1.13. The normalized spacial score (nSPS) is 20.8. The maximum Gasteiger partial charge on any atom is 0.275 e. The highest BCUT2D eigenvalue weighted by molar-refractivity contribution is 7.03. The minimum absolute atomic E-state index is 0.0303. The molecule has 1 N–H and O–H groups in total. The van der Waals surface area contributed by atoms with Gasteiger partial charge < -0.3 is 10.2 Å². The molecule has 2 amide bonds. The number of carbonyl (C=O) groups excluding carboxylic acids is 2.